The zero-order chi connectivity index (χ0) is 14.8. The second kappa shape index (κ2) is 5.51. The van der Waals surface area contributed by atoms with Crippen molar-refractivity contribution in [3.63, 3.8) is 0 Å². The molecular formula is C16H20N2O2. The third-order valence-electron chi connectivity index (χ3n) is 2.97. The minimum Gasteiger partial charge on any atom is -0.472 e. The standard InChI is InChI=1S/C16H20N2O2/c1-11-6-13(8-18-10-16(2,3)19)15(17)7-14(11)12-4-5-20-9-12/h4-9,19H,10,17H2,1-3H3. The van der Waals surface area contributed by atoms with Gasteiger partial charge in [-0.3, -0.25) is 4.99 Å². The van der Waals surface area contributed by atoms with Gasteiger partial charge in [-0.25, -0.2) is 0 Å². The number of benzene rings is 1. The van der Waals surface area contributed by atoms with Crippen molar-refractivity contribution in [2.75, 3.05) is 12.3 Å². The van der Waals surface area contributed by atoms with Crippen molar-refractivity contribution < 1.29 is 9.52 Å². The number of aliphatic hydroxyl groups is 1. The Bertz CT molecular complexity index is 608. The first kappa shape index (κ1) is 14.3. The maximum absolute atomic E-state index is 9.63. The minimum atomic E-state index is -0.808. The van der Waals surface area contributed by atoms with Crippen molar-refractivity contribution in [2.45, 2.75) is 26.4 Å². The highest BCUT2D eigenvalue weighted by Gasteiger charge is 2.11. The average Bonchev–Trinajstić information content (AvgIpc) is 2.85. The van der Waals surface area contributed by atoms with Gasteiger partial charge in [0.1, 0.15) is 0 Å². The SMILES string of the molecule is Cc1cc(C=NCC(C)(C)O)c(N)cc1-c1ccoc1. The van der Waals surface area contributed by atoms with E-state index in [-0.39, 0.29) is 0 Å². The van der Waals surface area contributed by atoms with Gasteiger partial charge >= 0.3 is 0 Å². The Morgan fingerprint density at radius 2 is 2.15 bits per heavy atom. The van der Waals surface area contributed by atoms with Gasteiger partial charge in [-0.05, 0) is 50.1 Å². The predicted molar refractivity (Wildman–Crippen MR) is 82.1 cm³/mol. The summed E-state index contributed by atoms with van der Waals surface area (Å²) in [4.78, 5) is 4.23. The molecule has 2 rings (SSSR count). The summed E-state index contributed by atoms with van der Waals surface area (Å²) in [6, 6.07) is 5.82. The fourth-order valence-electron chi connectivity index (χ4n) is 1.95. The molecule has 1 aromatic heterocycles. The number of aliphatic imine (C=N–C) groups is 1. The maximum Gasteiger partial charge on any atom is 0.0981 e. The Balaban J connectivity index is 2.27. The van der Waals surface area contributed by atoms with Crippen molar-refractivity contribution >= 4 is 11.9 Å². The van der Waals surface area contributed by atoms with Crippen LogP contribution in [0.25, 0.3) is 11.1 Å². The monoisotopic (exact) mass is 272 g/mol. The van der Waals surface area contributed by atoms with E-state index in [1.165, 1.54) is 0 Å². The molecule has 0 fully saturated rings. The number of nitrogen functional groups attached to an aromatic ring is 1. The molecule has 1 heterocycles. The summed E-state index contributed by atoms with van der Waals surface area (Å²) in [5.41, 5.74) is 9.93. The number of hydrogen-bond donors (Lipinski definition) is 2. The molecule has 4 nitrogen and oxygen atoms in total. The molecule has 0 aliphatic heterocycles. The minimum absolute atomic E-state index is 0.342. The molecule has 0 unspecified atom stereocenters. The van der Waals surface area contributed by atoms with Gasteiger partial charge in [0.2, 0.25) is 0 Å². The Morgan fingerprint density at radius 3 is 2.75 bits per heavy atom. The number of nitrogens with zero attached hydrogens (tertiary/aromatic N) is 1. The van der Waals surface area contributed by atoms with Gasteiger partial charge in [0.05, 0.1) is 24.7 Å². The second-order valence-electron chi connectivity index (χ2n) is 5.59. The molecule has 20 heavy (non-hydrogen) atoms. The smallest absolute Gasteiger partial charge is 0.0981 e. The summed E-state index contributed by atoms with van der Waals surface area (Å²) in [7, 11) is 0. The lowest BCUT2D eigenvalue weighted by Crippen LogP contribution is -2.22. The molecule has 0 aliphatic carbocycles. The number of nitrogens with two attached hydrogens (primary N) is 1. The fourth-order valence-corrected chi connectivity index (χ4v) is 1.95. The van der Waals surface area contributed by atoms with Crippen LogP contribution in [0, 0.1) is 6.92 Å². The topological polar surface area (TPSA) is 71.8 Å². The molecule has 4 heteroatoms. The molecule has 3 N–H and O–H groups in total. The van der Waals surface area contributed by atoms with Gasteiger partial charge in [-0.1, -0.05) is 0 Å². The highest BCUT2D eigenvalue weighted by atomic mass is 16.3. The summed E-state index contributed by atoms with van der Waals surface area (Å²) in [5, 5.41) is 9.63. The maximum atomic E-state index is 9.63. The van der Waals surface area contributed by atoms with Gasteiger partial charge in [0, 0.05) is 23.0 Å². The Labute approximate surface area is 119 Å². The van der Waals surface area contributed by atoms with Crippen molar-refractivity contribution in [3.05, 3.63) is 41.9 Å². The van der Waals surface area contributed by atoms with Crippen molar-refractivity contribution in [1.29, 1.82) is 0 Å². The Hall–Kier alpha value is -2.07. The summed E-state index contributed by atoms with van der Waals surface area (Å²) >= 11 is 0. The lowest BCUT2D eigenvalue weighted by molar-refractivity contribution is 0.0906. The molecule has 0 bridgehead atoms. The predicted octanol–water partition coefficient (Wildman–Crippen LogP) is 3.03. The zero-order valence-corrected chi connectivity index (χ0v) is 12.1. The lowest BCUT2D eigenvalue weighted by atomic mass is 9.99. The van der Waals surface area contributed by atoms with E-state index in [4.69, 9.17) is 10.2 Å². The van der Waals surface area contributed by atoms with Crippen LogP contribution in [-0.4, -0.2) is 23.5 Å². The molecular weight excluding hydrogens is 252 g/mol. The molecule has 0 spiro atoms. The van der Waals surface area contributed by atoms with Crippen LogP contribution >= 0.6 is 0 Å². The quantitative estimate of drug-likeness (QED) is 0.663. The van der Waals surface area contributed by atoms with E-state index in [0.29, 0.717) is 12.2 Å². The average molecular weight is 272 g/mol. The van der Waals surface area contributed by atoms with E-state index < -0.39 is 5.60 Å². The molecule has 0 atom stereocenters. The Kier molecular flexibility index (Phi) is 3.95. The summed E-state index contributed by atoms with van der Waals surface area (Å²) in [5.74, 6) is 0. The first-order chi connectivity index (χ1) is 9.37. The van der Waals surface area contributed by atoms with Crippen LogP contribution in [0.2, 0.25) is 0 Å². The molecule has 0 saturated carbocycles. The fraction of sp³-hybridized carbons (Fsp3) is 0.312. The summed E-state index contributed by atoms with van der Waals surface area (Å²) in [6.07, 6.45) is 5.05. The number of anilines is 1. The zero-order valence-electron chi connectivity index (χ0n) is 12.1. The molecule has 0 aliphatic rings. The molecule has 1 aromatic carbocycles. The van der Waals surface area contributed by atoms with E-state index in [9.17, 15) is 5.11 Å². The van der Waals surface area contributed by atoms with Crippen LogP contribution in [-0.2, 0) is 0 Å². The van der Waals surface area contributed by atoms with Gasteiger partial charge in [-0.15, -0.1) is 0 Å². The molecule has 0 saturated heterocycles. The summed E-state index contributed by atoms with van der Waals surface area (Å²) in [6.45, 7) is 5.81. The van der Waals surface area contributed by atoms with Crippen molar-refractivity contribution in [2.24, 2.45) is 4.99 Å². The highest BCUT2D eigenvalue weighted by molar-refractivity contribution is 5.89. The van der Waals surface area contributed by atoms with Gasteiger partial charge in [0.15, 0.2) is 0 Å². The van der Waals surface area contributed by atoms with E-state index >= 15 is 0 Å². The Morgan fingerprint density at radius 1 is 1.40 bits per heavy atom. The third kappa shape index (κ3) is 3.48. The number of aryl methyl sites for hydroxylation is 1. The van der Waals surface area contributed by atoms with Crippen molar-refractivity contribution in [3.8, 4) is 11.1 Å². The van der Waals surface area contributed by atoms with Crippen LogP contribution in [0.5, 0.6) is 0 Å². The van der Waals surface area contributed by atoms with Crippen LogP contribution in [0.3, 0.4) is 0 Å². The van der Waals surface area contributed by atoms with Crippen LogP contribution in [0.15, 0.2) is 40.1 Å². The summed E-state index contributed by atoms with van der Waals surface area (Å²) < 4.78 is 5.10. The number of hydrogen-bond acceptors (Lipinski definition) is 4. The molecule has 106 valence electrons. The van der Waals surface area contributed by atoms with E-state index in [1.807, 2.05) is 25.1 Å². The first-order valence-electron chi connectivity index (χ1n) is 6.52. The number of furan rings is 1. The second-order valence-corrected chi connectivity index (χ2v) is 5.59. The molecule has 0 radical (unpaired) electrons. The normalized spacial score (nSPS) is 12.2. The van der Waals surface area contributed by atoms with E-state index in [1.54, 1.807) is 32.6 Å². The van der Waals surface area contributed by atoms with Crippen LogP contribution in [0.4, 0.5) is 5.69 Å². The van der Waals surface area contributed by atoms with Crippen LogP contribution in [0.1, 0.15) is 25.0 Å². The first-order valence-corrected chi connectivity index (χ1v) is 6.52. The van der Waals surface area contributed by atoms with Gasteiger partial charge in [0.25, 0.3) is 0 Å². The van der Waals surface area contributed by atoms with Gasteiger partial charge < -0.3 is 15.3 Å². The van der Waals surface area contributed by atoms with Gasteiger partial charge in [-0.2, -0.15) is 0 Å². The highest BCUT2D eigenvalue weighted by Crippen LogP contribution is 2.27. The van der Waals surface area contributed by atoms with E-state index in [2.05, 4.69) is 4.99 Å². The number of rotatable bonds is 4. The molecule has 0 amide bonds. The lowest BCUT2D eigenvalue weighted by Gasteiger charge is -2.13. The third-order valence-corrected chi connectivity index (χ3v) is 2.97. The van der Waals surface area contributed by atoms with Crippen molar-refractivity contribution in [1.82, 2.24) is 0 Å². The van der Waals surface area contributed by atoms with E-state index in [0.717, 1.165) is 22.3 Å². The van der Waals surface area contributed by atoms with Crippen LogP contribution < -0.4 is 5.73 Å². The largest absolute Gasteiger partial charge is 0.472 e. The molecule has 2 aromatic rings.